The lowest BCUT2D eigenvalue weighted by molar-refractivity contribution is -0.125. The summed E-state index contributed by atoms with van der Waals surface area (Å²) in [6.45, 7) is 9.03. The Morgan fingerprint density at radius 1 is 1.43 bits per heavy atom. The summed E-state index contributed by atoms with van der Waals surface area (Å²) in [6, 6.07) is 3.63. The third-order valence-corrected chi connectivity index (χ3v) is 3.67. The van der Waals surface area contributed by atoms with Gasteiger partial charge in [0.2, 0.25) is 11.8 Å². The highest BCUT2D eigenvalue weighted by molar-refractivity contribution is 5.82. The molecule has 0 spiro atoms. The molecule has 0 aromatic carbocycles. The van der Waals surface area contributed by atoms with Crippen LogP contribution in [0.2, 0.25) is 0 Å². The maximum Gasteiger partial charge on any atom is 0.239 e. The Balaban J connectivity index is 2.22. The lowest BCUT2D eigenvalue weighted by atomic mass is 9.89. The van der Waals surface area contributed by atoms with Gasteiger partial charge in [0, 0.05) is 13.1 Å². The van der Waals surface area contributed by atoms with Crippen molar-refractivity contribution in [3.05, 3.63) is 12.1 Å². The van der Waals surface area contributed by atoms with Gasteiger partial charge in [-0.2, -0.15) is 4.98 Å². The van der Waals surface area contributed by atoms with E-state index in [9.17, 15) is 4.79 Å². The molecule has 1 aromatic rings. The molecule has 2 rings (SSSR count). The van der Waals surface area contributed by atoms with Crippen molar-refractivity contribution in [2.75, 3.05) is 23.7 Å². The Kier molecular flexibility index (Phi) is 3.74. The normalized spacial score (nSPS) is 22.4. The fraction of sp³-hybridized carbons (Fsp3) is 0.600. The van der Waals surface area contributed by atoms with E-state index in [0.717, 1.165) is 18.8 Å². The molecule has 0 bridgehead atoms. The first-order chi connectivity index (χ1) is 9.61. The monoisotopic (exact) mass is 292 g/mol. The largest absolute Gasteiger partial charge is 0.470 e. The predicted molar refractivity (Wildman–Crippen MR) is 83.2 cm³/mol. The molecule has 2 heterocycles. The van der Waals surface area contributed by atoms with Crippen LogP contribution in [0.4, 0.5) is 11.5 Å². The minimum absolute atomic E-state index is 0.272. The number of pyridine rings is 1. The smallest absolute Gasteiger partial charge is 0.239 e. The van der Waals surface area contributed by atoms with E-state index in [-0.39, 0.29) is 11.5 Å². The summed E-state index contributed by atoms with van der Waals surface area (Å²) in [5.41, 5.74) is 11.0. The van der Waals surface area contributed by atoms with Gasteiger partial charge in [0.1, 0.15) is 11.4 Å². The Morgan fingerprint density at radius 2 is 2.10 bits per heavy atom. The highest BCUT2D eigenvalue weighted by atomic mass is 16.5. The van der Waals surface area contributed by atoms with Gasteiger partial charge < -0.3 is 21.1 Å². The molecule has 1 aliphatic rings. The summed E-state index contributed by atoms with van der Waals surface area (Å²) in [5, 5.41) is 0. The first-order valence-corrected chi connectivity index (χ1v) is 7.11. The topological polar surface area (TPSA) is 94.5 Å². The van der Waals surface area contributed by atoms with Crippen LogP contribution in [0.5, 0.6) is 5.88 Å². The Bertz CT molecular complexity index is 553. The number of hydrogen-bond acceptors (Lipinski definition) is 5. The molecule has 116 valence electrons. The van der Waals surface area contributed by atoms with E-state index < -0.39 is 5.41 Å². The van der Waals surface area contributed by atoms with Gasteiger partial charge in [0.15, 0.2) is 0 Å². The lowest BCUT2D eigenvalue weighted by Crippen LogP contribution is -2.37. The number of nitrogen functional groups attached to an aromatic ring is 1. The molecule has 1 aromatic heterocycles. The van der Waals surface area contributed by atoms with Crippen molar-refractivity contribution in [2.45, 2.75) is 39.7 Å². The third-order valence-electron chi connectivity index (χ3n) is 3.67. The van der Waals surface area contributed by atoms with Crippen LogP contribution in [0.3, 0.4) is 0 Å². The number of nitrogens with two attached hydrogens (primary N) is 2. The molecular formula is C15H24N4O2. The van der Waals surface area contributed by atoms with Crippen molar-refractivity contribution in [1.82, 2.24) is 4.98 Å². The number of amides is 1. The SMILES string of the molecule is CC(C)(C)Oc1nc(N2CCC(C)(C(N)=O)C2)ccc1N. The molecule has 1 saturated heterocycles. The third kappa shape index (κ3) is 3.37. The van der Waals surface area contributed by atoms with Crippen molar-refractivity contribution in [1.29, 1.82) is 0 Å². The van der Waals surface area contributed by atoms with E-state index >= 15 is 0 Å². The van der Waals surface area contributed by atoms with Crippen molar-refractivity contribution in [3.63, 3.8) is 0 Å². The van der Waals surface area contributed by atoms with Crippen LogP contribution in [0.25, 0.3) is 0 Å². The molecule has 0 saturated carbocycles. The maximum absolute atomic E-state index is 11.5. The van der Waals surface area contributed by atoms with Crippen LogP contribution < -0.4 is 21.1 Å². The van der Waals surface area contributed by atoms with Gasteiger partial charge in [0.25, 0.3) is 0 Å². The number of ether oxygens (including phenoxy) is 1. The van der Waals surface area contributed by atoms with Gasteiger partial charge in [-0.1, -0.05) is 0 Å². The van der Waals surface area contributed by atoms with E-state index in [2.05, 4.69) is 4.98 Å². The molecule has 21 heavy (non-hydrogen) atoms. The van der Waals surface area contributed by atoms with Crippen molar-refractivity contribution < 1.29 is 9.53 Å². The second kappa shape index (κ2) is 5.09. The minimum atomic E-state index is -0.506. The maximum atomic E-state index is 11.5. The average Bonchev–Trinajstić information content (AvgIpc) is 2.74. The summed E-state index contributed by atoms with van der Waals surface area (Å²) >= 11 is 0. The number of carbonyl (C=O) groups is 1. The summed E-state index contributed by atoms with van der Waals surface area (Å²) < 4.78 is 5.78. The van der Waals surface area contributed by atoms with Crippen LogP contribution in [0.1, 0.15) is 34.1 Å². The van der Waals surface area contributed by atoms with Gasteiger partial charge in [0.05, 0.1) is 11.1 Å². The fourth-order valence-corrected chi connectivity index (χ4v) is 2.35. The number of hydrogen-bond donors (Lipinski definition) is 2. The van der Waals surface area contributed by atoms with Crippen molar-refractivity contribution in [3.8, 4) is 5.88 Å². The van der Waals surface area contributed by atoms with Gasteiger partial charge in [-0.05, 0) is 46.2 Å². The average molecular weight is 292 g/mol. The van der Waals surface area contributed by atoms with E-state index in [0.29, 0.717) is 18.1 Å². The van der Waals surface area contributed by atoms with Gasteiger partial charge >= 0.3 is 0 Å². The summed E-state index contributed by atoms with van der Waals surface area (Å²) in [4.78, 5) is 18.1. The summed E-state index contributed by atoms with van der Waals surface area (Å²) in [5.74, 6) is 0.910. The van der Waals surface area contributed by atoms with Crippen LogP contribution in [-0.2, 0) is 4.79 Å². The number of primary amides is 1. The molecule has 4 N–H and O–H groups in total. The molecule has 1 fully saturated rings. The molecule has 1 amide bonds. The first-order valence-electron chi connectivity index (χ1n) is 7.11. The Hall–Kier alpha value is -1.98. The van der Waals surface area contributed by atoms with E-state index in [1.807, 2.05) is 38.7 Å². The Morgan fingerprint density at radius 3 is 2.62 bits per heavy atom. The number of nitrogens with zero attached hydrogens (tertiary/aromatic N) is 2. The lowest BCUT2D eigenvalue weighted by Gasteiger charge is -2.24. The van der Waals surface area contributed by atoms with Gasteiger partial charge in [-0.15, -0.1) is 0 Å². The summed E-state index contributed by atoms with van der Waals surface area (Å²) in [6.07, 6.45) is 0.726. The number of rotatable bonds is 3. The quantitative estimate of drug-likeness (QED) is 0.881. The highest BCUT2D eigenvalue weighted by Gasteiger charge is 2.39. The van der Waals surface area contributed by atoms with Crippen molar-refractivity contribution >= 4 is 17.4 Å². The second-order valence-corrected chi connectivity index (χ2v) is 6.87. The van der Waals surface area contributed by atoms with Crippen LogP contribution in [0, 0.1) is 5.41 Å². The summed E-state index contributed by atoms with van der Waals surface area (Å²) in [7, 11) is 0. The highest BCUT2D eigenvalue weighted by Crippen LogP contribution is 2.34. The van der Waals surface area contributed by atoms with Crippen LogP contribution in [0.15, 0.2) is 12.1 Å². The van der Waals surface area contributed by atoms with E-state index in [1.54, 1.807) is 6.07 Å². The molecule has 0 radical (unpaired) electrons. The predicted octanol–water partition coefficient (Wildman–Crippen LogP) is 1.54. The molecule has 6 nitrogen and oxygen atoms in total. The zero-order chi connectivity index (χ0) is 15.8. The zero-order valence-corrected chi connectivity index (χ0v) is 13.1. The molecule has 6 heteroatoms. The number of aromatic nitrogens is 1. The van der Waals surface area contributed by atoms with Crippen LogP contribution in [-0.4, -0.2) is 29.6 Å². The van der Waals surface area contributed by atoms with E-state index in [4.69, 9.17) is 16.2 Å². The Labute approximate surface area is 125 Å². The molecule has 1 unspecified atom stereocenters. The van der Waals surface area contributed by atoms with Crippen molar-refractivity contribution in [2.24, 2.45) is 11.1 Å². The molecule has 0 aliphatic carbocycles. The number of carbonyl (C=O) groups excluding carboxylic acids is 1. The molecular weight excluding hydrogens is 268 g/mol. The molecule has 1 atom stereocenters. The first kappa shape index (κ1) is 15.4. The van der Waals surface area contributed by atoms with Crippen LogP contribution >= 0.6 is 0 Å². The van der Waals surface area contributed by atoms with Gasteiger partial charge in [-0.3, -0.25) is 4.79 Å². The van der Waals surface area contributed by atoms with Gasteiger partial charge in [-0.25, -0.2) is 0 Å². The zero-order valence-electron chi connectivity index (χ0n) is 13.1. The minimum Gasteiger partial charge on any atom is -0.470 e. The number of anilines is 2. The second-order valence-electron chi connectivity index (χ2n) is 6.87. The fourth-order valence-electron chi connectivity index (χ4n) is 2.35. The van der Waals surface area contributed by atoms with E-state index in [1.165, 1.54) is 0 Å². The molecule has 1 aliphatic heterocycles. The standard InChI is InChI=1S/C15H24N4O2/c1-14(2,3)21-12-10(16)5-6-11(18-12)19-8-7-15(4,9-19)13(17)20/h5-6H,7-9,16H2,1-4H3,(H2,17,20).